The van der Waals surface area contributed by atoms with E-state index in [2.05, 4.69) is 13.8 Å². The van der Waals surface area contributed by atoms with Gasteiger partial charge in [-0.1, -0.05) is 26.0 Å². The van der Waals surface area contributed by atoms with Crippen LogP contribution in [0.5, 0.6) is 0 Å². The second kappa shape index (κ2) is 6.31. The minimum Gasteiger partial charge on any atom is -0.399 e. The predicted octanol–water partition coefficient (Wildman–Crippen LogP) is 3.21. The van der Waals surface area contributed by atoms with Crippen molar-refractivity contribution in [1.82, 2.24) is 0 Å². The second-order valence-corrected chi connectivity index (χ2v) is 4.22. The lowest BCUT2D eigenvalue weighted by Crippen LogP contribution is -2.13. The Morgan fingerprint density at radius 2 is 2.00 bits per heavy atom. The normalized spacial score (nSPS) is 10.7. The van der Waals surface area contributed by atoms with Crippen LogP contribution in [0.4, 0.5) is 5.69 Å². The summed E-state index contributed by atoms with van der Waals surface area (Å²) in [7, 11) is 0. The maximum absolute atomic E-state index is 11.8. The third kappa shape index (κ3) is 3.69. The van der Waals surface area contributed by atoms with Gasteiger partial charge in [0.25, 0.3) is 0 Å². The minimum atomic E-state index is 0.237. The molecule has 0 spiro atoms. The van der Waals surface area contributed by atoms with Crippen LogP contribution in [0.1, 0.15) is 38.7 Å². The molecule has 0 fully saturated rings. The number of Topliss-reactive ketones (excluding diaryl/α,β-unsaturated/α-hetero) is 1. The van der Waals surface area contributed by atoms with Gasteiger partial charge >= 0.3 is 0 Å². The summed E-state index contributed by atoms with van der Waals surface area (Å²) >= 11 is 0. The number of carbonyl (C=O) groups is 1. The van der Waals surface area contributed by atoms with Gasteiger partial charge in [0.1, 0.15) is 5.78 Å². The maximum Gasteiger partial charge on any atom is 0.136 e. The average Bonchev–Trinajstić information content (AvgIpc) is 2.28. The number of ketones is 1. The molecule has 0 aliphatic rings. The van der Waals surface area contributed by atoms with Gasteiger partial charge in [-0.05, 0) is 37.0 Å². The number of nitrogens with two attached hydrogens (primary N) is 1. The fourth-order valence-electron chi connectivity index (χ4n) is 1.96. The predicted molar refractivity (Wildman–Crippen MR) is 68.3 cm³/mol. The highest BCUT2D eigenvalue weighted by atomic mass is 16.1. The van der Waals surface area contributed by atoms with Crippen molar-refractivity contribution in [3.63, 3.8) is 0 Å². The summed E-state index contributed by atoms with van der Waals surface area (Å²) in [5.74, 6) is 0.619. The quantitative estimate of drug-likeness (QED) is 0.746. The minimum absolute atomic E-state index is 0.237. The molecule has 0 saturated heterocycles. The van der Waals surface area contributed by atoms with Gasteiger partial charge in [0, 0.05) is 18.0 Å². The SMILES string of the molecule is CCC(CC)C(=O)CCc1cccc(N)c1. The molecular formula is C14H21NO. The van der Waals surface area contributed by atoms with E-state index in [4.69, 9.17) is 5.73 Å². The van der Waals surface area contributed by atoms with Crippen molar-refractivity contribution >= 4 is 11.5 Å². The summed E-state index contributed by atoms with van der Waals surface area (Å²) < 4.78 is 0. The Balaban J connectivity index is 2.48. The number of anilines is 1. The van der Waals surface area contributed by atoms with Gasteiger partial charge in [-0.2, -0.15) is 0 Å². The first-order chi connectivity index (χ1) is 7.67. The molecule has 2 heteroatoms. The highest BCUT2D eigenvalue weighted by molar-refractivity contribution is 5.81. The van der Waals surface area contributed by atoms with Crippen LogP contribution in [0, 0.1) is 5.92 Å². The summed E-state index contributed by atoms with van der Waals surface area (Å²) in [5.41, 5.74) is 7.62. The second-order valence-electron chi connectivity index (χ2n) is 4.22. The summed E-state index contributed by atoms with van der Waals surface area (Å²) in [5, 5.41) is 0. The zero-order valence-corrected chi connectivity index (χ0v) is 10.2. The van der Waals surface area contributed by atoms with E-state index in [1.807, 2.05) is 24.3 Å². The van der Waals surface area contributed by atoms with E-state index in [0.717, 1.165) is 30.5 Å². The molecule has 0 heterocycles. The summed E-state index contributed by atoms with van der Waals surface area (Å²) in [6.07, 6.45) is 3.34. The van der Waals surface area contributed by atoms with E-state index in [0.29, 0.717) is 12.2 Å². The molecular weight excluding hydrogens is 198 g/mol. The summed E-state index contributed by atoms with van der Waals surface area (Å²) in [6, 6.07) is 7.77. The molecule has 16 heavy (non-hydrogen) atoms. The molecule has 0 bridgehead atoms. The van der Waals surface area contributed by atoms with E-state index in [9.17, 15) is 4.79 Å². The van der Waals surface area contributed by atoms with Crippen LogP contribution in [-0.4, -0.2) is 5.78 Å². The van der Waals surface area contributed by atoms with Crippen LogP contribution in [0.25, 0.3) is 0 Å². The smallest absolute Gasteiger partial charge is 0.136 e. The van der Waals surface area contributed by atoms with Crippen molar-refractivity contribution in [3.8, 4) is 0 Å². The molecule has 1 rings (SSSR count). The average molecular weight is 219 g/mol. The van der Waals surface area contributed by atoms with Crippen molar-refractivity contribution in [1.29, 1.82) is 0 Å². The number of carbonyl (C=O) groups excluding carboxylic acids is 1. The van der Waals surface area contributed by atoms with E-state index < -0.39 is 0 Å². The van der Waals surface area contributed by atoms with Crippen molar-refractivity contribution < 1.29 is 4.79 Å². The zero-order chi connectivity index (χ0) is 12.0. The fourth-order valence-corrected chi connectivity index (χ4v) is 1.96. The van der Waals surface area contributed by atoms with Gasteiger partial charge in [0.2, 0.25) is 0 Å². The number of benzene rings is 1. The van der Waals surface area contributed by atoms with Gasteiger partial charge in [-0.25, -0.2) is 0 Å². The molecule has 0 aliphatic heterocycles. The van der Waals surface area contributed by atoms with Crippen LogP contribution >= 0.6 is 0 Å². The third-order valence-corrected chi connectivity index (χ3v) is 3.05. The monoisotopic (exact) mass is 219 g/mol. The van der Waals surface area contributed by atoms with Crippen molar-refractivity contribution in [2.24, 2.45) is 5.92 Å². The van der Waals surface area contributed by atoms with Crippen molar-refractivity contribution in [2.75, 3.05) is 5.73 Å². The maximum atomic E-state index is 11.8. The molecule has 0 unspecified atom stereocenters. The number of nitrogen functional groups attached to an aromatic ring is 1. The lowest BCUT2D eigenvalue weighted by molar-refractivity contribution is -0.123. The van der Waals surface area contributed by atoms with Gasteiger partial charge in [0.05, 0.1) is 0 Å². The van der Waals surface area contributed by atoms with Gasteiger partial charge < -0.3 is 5.73 Å². The van der Waals surface area contributed by atoms with Crippen molar-refractivity contribution in [2.45, 2.75) is 39.5 Å². The number of rotatable bonds is 6. The lowest BCUT2D eigenvalue weighted by atomic mass is 9.94. The van der Waals surface area contributed by atoms with Gasteiger partial charge in [-0.3, -0.25) is 4.79 Å². The molecule has 0 radical (unpaired) electrons. The standard InChI is InChI=1S/C14H21NO/c1-3-12(4-2)14(16)9-8-11-6-5-7-13(15)10-11/h5-7,10,12H,3-4,8-9,15H2,1-2H3. The molecule has 2 N–H and O–H groups in total. The molecule has 0 atom stereocenters. The molecule has 0 amide bonds. The van der Waals surface area contributed by atoms with Crippen LogP contribution in [0.15, 0.2) is 24.3 Å². The Hall–Kier alpha value is -1.31. The molecule has 1 aromatic rings. The number of aryl methyl sites for hydroxylation is 1. The van der Waals surface area contributed by atoms with E-state index in [1.165, 1.54) is 0 Å². The molecule has 0 aromatic heterocycles. The first kappa shape index (κ1) is 12.8. The first-order valence-corrected chi connectivity index (χ1v) is 6.04. The first-order valence-electron chi connectivity index (χ1n) is 6.04. The lowest BCUT2D eigenvalue weighted by Gasteiger charge is -2.10. The molecule has 88 valence electrons. The highest BCUT2D eigenvalue weighted by Crippen LogP contribution is 2.14. The van der Waals surface area contributed by atoms with Crippen LogP contribution < -0.4 is 5.73 Å². The largest absolute Gasteiger partial charge is 0.399 e. The molecule has 1 aromatic carbocycles. The van der Waals surface area contributed by atoms with Gasteiger partial charge in [-0.15, -0.1) is 0 Å². The van der Waals surface area contributed by atoms with Crippen LogP contribution in [-0.2, 0) is 11.2 Å². The van der Waals surface area contributed by atoms with E-state index in [-0.39, 0.29) is 5.92 Å². The summed E-state index contributed by atoms with van der Waals surface area (Å²) in [4.78, 5) is 11.8. The Kier molecular flexibility index (Phi) is 5.03. The molecule has 2 nitrogen and oxygen atoms in total. The van der Waals surface area contributed by atoms with E-state index in [1.54, 1.807) is 0 Å². The Bertz CT molecular complexity index is 342. The van der Waals surface area contributed by atoms with Crippen LogP contribution in [0.3, 0.4) is 0 Å². The topological polar surface area (TPSA) is 43.1 Å². The highest BCUT2D eigenvalue weighted by Gasteiger charge is 2.13. The van der Waals surface area contributed by atoms with Crippen molar-refractivity contribution in [3.05, 3.63) is 29.8 Å². The molecule has 0 aliphatic carbocycles. The fraction of sp³-hybridized carbons (Fsp3) is 0.500. The third-order valence-electron chi connectivity index (χ3n) is 3.05. The number of hydrogen-bond acceptors (Lipinski definition) is 2. The zero-order valence-electron chi connectivity index (χ0n) is 10.2. The van der Waals surface area contributed by atoms with Gasteiger partial charge in [0.15, 0.2) is 0 Å². The number of hydrogen-bond donors (Lipinski definition) is 1. The Labute approximate surface area is 97.9 Å². The summed E-state index contributed by atoms with van der Waals surface area (Å²) in [6.45, 7) is 4.15. The van der Waals surface area contributed by atoms with Crippen LogP contribution in [0.2, 0.25) is 0 Å². The Morgan fingerprint density at radius 3 is 2.56 bits per heavy atom. The van der Waals surface area contributed by atoms with E-state index >= 15 is 0 Å². The Morgan fingerprint density at radius 1 is 1.31 bits per heavy atom. The molecule has 0 saturated carbocycles.